The average Bonchev–Trinajstić information content (AvgIpc) is 3.35. The molecule has 3 aromatic rings. The van der Waals surface area contributed by atoms with Crippen molar-refractivity contribution in [3.8, 4) is 5.82 Å². The number of nitrogen functional groups attached to an aromatic ring is 1. The van der Waals surface area contributed by atoms with E-state index in [1.54, 1.807) is 23.9 Å². The summed E-state index contributed by atoms with van der Waals surface area (Å²) in [4.78, 5) is 6.27. The van der Waals surface area contributed by atoms with Crippen molar-refractivity contribution >= 4 is 29.1 Å². The van der Waals surface area contributed by atoms with E-state index in [2.05, 4.69) is 30.7 Å². The molecule has 0 amide bonds. The minimum Gasteiger partial charge on any atom is -0.394 e. The molecule has 11 nitrogen and oxygen atoms in total. The lowest BCUT2D eigenvalue weighted by Gasteiger charge is -2.29. The normalized spacial score (nSPS) is 15.2. The number of rotatable bonds is 8. The van der Waals surface area contributed by atoms with Gasteiger partial charge in [-0.25, -0.2) is 4.39 Å². The fourth-order valence-corrected chi connectivity index (χ4v) is 3.59. The summed E-state index contributed by atoms with van der Waals surface area (Å²) in [5.41, 5.74) is 7.10. The Morgan fingerprint density at radius 2 is 1.97 bits per heavy atom. The Morgan fingerprint density at radius 3 is 2.64 bits per heavy atom. The highest BCUT2D eigenvalue weighted by Gasteiger charge is 2.19. The maximum Gasteiger partial charge on any atom is 0.248 e. The van der Waals surface area contributed by atoms with Gasteiger partial charge < -0.3 is 31.1 Å². The number of aryl methyl sites for hydroxylation is 1. The molecule has 0 saturated carbocycles. The number of hydrogen-bond acceptors (Lipinski definition) is 9. The topological polar surface area (TPSA) is 131 Å². The second kappa shape index (κ2) is 9.63. The number of aromatic nitrogens is 5. The zero-order chi connectivity index (χ0) is 23.5. The Bertz CT molecular complexity index is 1090. The van der Waals surface area contributed by atoms with Crippen LogP contribution in [-0.2, 0) is 11.8 Å². The molecule has 1 aliphatic rings. The van der Waals surface area contributed by atoms with Crippen LogP contribution in [0.4, 0.5) is 33.5 Å². The first-order valence-corrected chi connectivity index (χ1v) is 10.9. The molecule has 1 atom stereocenters. The first kappa shape index (κ1) is 22.8. The molecule has 1 aromatic carbocycles. The third-order valence-electron chi connectivity index (χ3n) is 5.63. The molecule has 178 valence electrons. The molecule has 3 heterocycles. The quantitative estimate of drug-likeness (QED) is 0.398. The van der Waals surface area contributed by atoms with Gasteiger partial charge in [-0.2, -0.15) is 14.8 Å². The van der Waals surface area contributed by atoms with Crippen molar-refractivity contribution in [3.63, 3.8) is 0 Å². The Labute approximate surface area is 191 Å². The van der Waals surface area contributed by atoms with Crippen LogP contribution in [0.1, 0.15) is 13.8 Å². The van der Waals surface area contributed by atoms with Crippen LogP contribution in [0.2, 0.25) is 0 Å². The Morgan fingerprint density at radius 1 is 1.21 bits per heavy atom. The van der Waals surface area contributed by atoms with Gasteiger partial charge in [0, 0.05) is 31.9 Å². The van der Waals surface area contributed by atoms with Crippen molar-refractivity contribution in [2.75, 3.05) is 54.2 Å². The summed E-state index contributed by atoms with van der Waals surface area (Å²) in [6.07, 6.45) is 0. The van der Waals surface area contributed by atoms with Gasteiger partial charge >= 0.3 is 0 Å². The third kappa shape index (κ3) is 5.01. The van der Waals surface area contributed by atoms with Crippen LogP contribution in [0.5, 0.6) is 0 Å². The molecule has 2 aromatic heterocycles. The molecule has 12 heteroatoms. The Hall–Kier alpha value is -3.38. The molecule has 0 bridgehead atoms. The second-order valence-electron chi connectivity index (χ2n) is 8.28. The minimum absolute atomic E-state index is 0.00634. The van der Waals surface area contributed by atoms with Gasteiger partial charge in [0.05, 0.1) is 31.5 Å². The highest BCUT2D eigenvalue weighted by molar-refractivity contribution is 5.61. The van der Waals surface area contributed by atoms with Crippen LogP contribution in [0.25, 0.3) is 5.82 Å². The summed E-state index contributed by atoms with van der Waals surface area (Å²) >= 11 is 0. The van der Waals surface area contributed by atoms with Gasteiger partial charge in [0.25, 0.3) is 0 Å². The smallest absolute Gasteiger partial charge is 0.248 e. The monoisotopic (exact) mass is 459 g/mol. The summed E-state index contributed by atoms with van der Waals surface area (Å²) < 4.78 is 23.1. The van der Waals surface area contributed by atoms with Crippen LogP contribution < -0.4 is 21.3 Å². The van der Waals surface area contributed by atoms with E-state index in [0.717, 1.165) is 18.8 Å². The Kier molecular flexibility index (Phi) is 6.65. The molecule has 0 unspecified atom stereocenters. The first-order chi connectivity index (χ1) is 15.9. The van der Waals surface area contributed by atoms with Crippen LogP contribution in [0.3, 0.4) is 0 Å². The molecular weight excluding hydrogens is 429 g/mol. The van der Waals surface area contributed by atoms with E-state index in [9.17, 15) is 9.50 Å². The lowest BCUT2D eigenvalue weighted by Crippen LogP contribution is -2.36. The number of nitrogens with two attached hydrogens (primary N) is 1. The van der Waals surface area contributed by atoms with Gasteiger partial charge in [-0.05, 0) is 24.1 Å². The molecule has 5 N–H and O–H groups in total. The number of nitrogens with one attached hydrogen (secondary N) is 2. The highest BCUT2D eigenvalue weighted by Crippen LogP contribution is 2.26. The molecular formula is C21H30FN9O2. The van der Waals surface area contributed by atoms with Gasteiger partial charge in [0.15, 0.2) is 5.82 Å². The minimum atomic E-state index is -0.415. The molecule has 1 fully saturated rings. The van der Waals surface area contributed by atoms with E-state index >= 15 is 0 Å². The van der Waals surface area contributed by atoms with E-state index < -0.39 is 5.82 Å². The average molecular weight is 460 g/mol. The maximum atomic E-state index is 14.7. The number of morpholine rings is 1. The zero-order valence-electron chi connectivity index (χ0n) is 19.0. The largest absolute Gasteiger partial charge is 0.394 e. The summed E-state index contributed by atoms with van der Waals surface area (Å²) in [7, 11) is 1.78. The third-order valence-corrected chi connectivity index (χ3v) is 5.63. The molecule has 33 heavy (non-hydrogen) atoms. The Balaban J connectivity index is 1.50. The molecule has 1 saturated heterocycles. The van der Waals surface area contributed by atoms with Gasteiger partial charge in [0.2, 0.25) is 11.9 Å². The number of ether oxygens (including phenoxy) is 1. The van der Waals surface area contributed by atoms with Crippen molar-refractivity contribution in [1.82, 2.24) is 24.5 Å². The highest BCUT2D eigenvalue weighted by atomic mass is 19.1. The van der Waals surface area contributed by atoms with Crippen molar-refractivity contribution in [2.45, 2.75) is 19.9 Å². The molecule has 1 aliphatic heterocycles. The number of hydrogen-bond donors (Lipinski definition) is 4. The number of anilines is 5. The van der Waals surface area contributed by atoms with Gasteiger partial charge in [0.1, 0.15) is 11.6 Å². The summed E-state index contributed by atoms with van der Waals surface area (Å²) in [6.45, 7) is 6.75. The van der Waals surface area contributed by atoms with Gasteiger partial charge in [-0.15, -0.1) is 5.10 Å². The van der Waals surface area contributed by atoms with E-state index in [0.29, 0.717) is 24.8 Å². The van der Waals surface area contributed by atoms with E-state index in [1.165, 1.54) is 10.7 Å². The van der Waals surface area contributed by atoms with Crippen molar-refractivity contribution in [2.24, 2.45) is 13.0 Å². The maximum absolute atomic E-state index is 14.7. The zero-order valence-corrected chi connectivity index (χ0v) is 19.0. The molecule has 0 radical (unpaired) electrons. The summed E-state index contributed by atoms with van der Waals surface area (Å²) in [5, 5.41) is 24.5. The predicted octanol–water partition coefficient (Wildman–Crippen LogP) is 1.73. The lowest BCUT2D eigenvalue weighted by atomic mass is 10.1. The van der Waals surface area contributed by atoms with Gasteiger partial charge in [-0.3, -0.25) is 4.68 Å². The molecule has 0 aliphatic carbocycles. The van der Waals surface area contributed by atoms with E-state index in [4.69, 9.17) is 10.5 Å². The van der Waals surface area contributed by atoms with Crippen molar-refractivity contribution in [1.29, 1.82) is 0 Å². The van der Waals surface area contributed by atoms with Crippen molar-refractivity contribution in [3.05, 3.63) is 30.1 Å². The fraction of sp³-hybridized carbons (Fsp3) is 0.476. The van der Waals surface area contributed by atoms with Crippen LogP contribution >= 0.6 is 0 Å². The molecule has 0 spiro atoms. The van der Waals surface area contributed by atoms with Crippen molar-refractivity contribution < 1.29 is 14.2 Å². The first-order valence-electron chi connectivity index (χ1n) is 10.9. The van der Waals surface area contributed by atoms with E-state index in [1.807, 2.05) is 19.9 Å². The fourth-order valence-electron chi connectivity index (χ4n) is 3.59. The van der Waals surface area contributed by atoms with Crippen LogP contribution in [0, 0.1) is 11.7 Å². The van der Waals surface area contributed by atoms with Crippen LogP contribution in [-0.4, -0.2) is 68.6 Å². The van der Waals surface area contributed by atoms with Gasteiger partial charge in [-0.1, -0.05) is 13.8 Å². The number of benzene rings is 1. The van der Waals surface area contributed by atoms with Crippen LogP contribution in [0.15, 0.2) is 24.3 Å². The standard InChI is InChI=1S/C21H30FN9O2/c1-13(2)17(12-32)24-18-11-19(27-29(18)3)31-20(23)26-21(28-31)25-16-5-4-14(10-15(16)22)30-6-8-33-9-7-30/h4-5,10-11,13,17,24,32H,6-9,12H2,1-3H3,(H3,23,25,26,28)/t17-/m1/s1. The number of aliphatic hydroxyl groups excluding tert-OH is 1. The van der Waals surface area contributed by atoms with E-state index in [-0.39, 0.29) is 36.2 Å². The predicted molar refractivity (Wildman–Crippen MR) is 125 cm³/mol. The number of halogens is 1. The number of nitrogens with zero attached hydrogens (tertiary/aromatic N) is 6. The summed E-state index contributed by atoms with van der Waals surface area (Å²) in [6, 6.07) is 6.62. The molecule has 4 rings (SSSR count). The summed E-state index contributed by atoms with van der Waals surface area (Å²) in [5.74, 6) is 1.22. The second-order valence-corrected chi connectivity index (χ2v) is 8.28. The lowest BCUT2D eigenvalue weighted by molar-refractivity contribution is 0.122. The number of aliphatic hydroxyl groups is 1. The SMILES string of the molecule is CC(C)[C@@H](CO)Nc1cc(-n2nc(Nc3ccc(N4CCOCC4)cc3F)nc2N)nn1C.